The van der Waals surface area contributed by atoms with Gasteiger partial charge in [-0.15, -0.1) is 0 Å². The lowest BCUT2D eigenvalue weighted by Gasteiger charge is -2.13. The molecule has 0 saturated carbocycles. The second kappa shape index (κ2) is 6.78. The van der Waals surface area contributed by atoms with Crippen LogP contribution >= 0.6 is 0 Å². The maximum Gasteiger partial charge on any atom is 0.468 e. The van der Waals surface area contributed by atoms with E-state index < -0.39 is 51.2 Å². The van der Waals surface area contributed by atoms with Crippen LogP contribution in [-0.4, -0.2) is 25.5 Å². The number of nitro groups is 2. The fourth-order valence-electron chi connectivity index (χ4n) is 2.18. The molecule has 2 aromatic rings. The van der Waals surface area contributed by atoms with E-state index in [9.17, 15) is 38.2 Å². The fraction of sp³-hybridized carbons (Fsp3) is 0.231. The molecule has 0 aliphatic heterocycles. The summed E-state index contributed by atoms with van der Waals surface area (Å²) < 4.78 is 39.4. The number of benzene rings is 1. The Balaban J connectivity index is 2.29. The highest BCUT2D eigenvalue weighted by Gasteiger charge is 2.36. The van der Waals surface area contributed by atoms with Gasteiger partial charge in [0.25, 0.3) is 0 Å². The van der Waals surface area contributed by atoms with Gasteiger partial charge in [0.2, 0.25) is 5.91 Å². The first kappa shape index (κ1) is 18.8. The molecule has 26 heavy (non-hydrogen) atoms. The van der Waals surface area contributed by atoms with Gasteiger partial charge in [-0.25, -0.2) is 0 Å². The van der Waals surface area contributed by atoms with E-state index in [1.54, 1.807) is 0 Å². The van der Waals surface area contributed by atoms with Crippen LogP contribution < -0.4 is 5.32 Å². The molecule has 1 amide bonds. The summed E-state index contributed by atoms with van der Waals surface area (Å²) in [4.78, 5) is 31.6. The molecular weight excluding hydrogens is 363 g/mol. The van der Waals surface area contributed by atoms with Gasteiger partial charge in [0.15, 0.2) is 0 Å². The van der Waals surface area contributed by atoms with Crippen LogP contribution in [0.4, 0.5) is 30.4 Å². The lowest BCUT2D eigenvalue weighted by molar-refractivity contribution is -0.424. The molecule has 0 aliphatic rings. The number of carbonyl (C=O) groups excluding carboxylic acids is 1. The monoisotopic (exact) mass is 373 g/mol. The number of nitrogens with zero attached hydrogens (tertiary/aromatic N) is 4. The van der Waals surface area contributed by atoms with Crippen molar-refractivity contribution in [1.82, 2.24) is 9.78 Å². The van der Waals surface area contributed by atoms with Crippen molar-refractivity contribution in [3.05, 3.63) is 55.8 Å². The van der Waals surface area contributed by atoms with E-state index in [-0.39, 0.29) is 5.69 Å². The van der Waals surface area contributed by atoms with E-state index in [1.807, 2.05) is 5.32 Å². The fourth-order valence-corrected chi connectivity index (χ4v) is 2.18. The zero-order valence-corrected chi connectivity index (χ0v) is 13.0. The minimum Gasteiger partial charge on any atom is -0.358 e. The molecule has 0 radical (unpaired) electrons. The molecule has 0 unspecified atom stereocenters. The Labute approximate surface area is 142 Å². The first-order chi connectivity index (χ1) is 12.0. The van der Waals surface area contributed by atoms with Crippen molar-refractivity contribution in [2.75, 3.05) is 5.32 Å². The lowest BCUT2D eigenvalue weighted by Crippen LogP contribution is -2.22. The molecule has 1 aromatic heterocycles. The van der Waals surface area contributed by atoms with Crippen LogP contribution in [0.1, 0.15) is 11.3 Å². The predicted molar refractivity (Wildman–Crippen MR) is 80.3 cm³/mol. The van der Waals surface area contributed by atoms with Crippen molar-refractivity contribution in [3.8, 4) is 0 Å². The van der Waals surface area contributed by atoms with Gasteiger partial charge in [-0.1, -0.05) is 12.1 Å². The lowest BCUT2D eigenvalue weighted by atomic mass is 10.1. The molecule has 0 saturated heterocycles. The zero-order chi connectivity index (χ0) is 19.6. The predicted octanol–water partition coefficient (Wildman–Crippen LogP) is 2.67. The van der Waals surface area contributed by atoms with E-state index in [1.165, 1.54) is 6.07 Å². The Morgan fingerprint density at radius 2 is 1.85 bits per heavy atom. The van der Waals surface area contributed by atoms with E-state index in [2.05, 4.69) is 5.10 Å². The molecule has 0 bridgehead atoms. The van der Waals surface area contributed by atoms with Gasteiger partial charge in [0.05, 0.1) is 21.3 Å². The van der Waals surface area contributed by atoms with E-state index in [4.69, 9.17) is 0 Å². The molecule has 1 N–H and O–H groups in total. The SMILES string of the molecule is Cc1c([N+](=O)[O-])c([N+](=O)[O-])nn1CC(=O)Nc1ccccc1C(F)(F)F. The average Bonchev–Trinajstić information content (AvgIpc) is 2.84. The normalized spacial score (nSPS) is 11.2. The number of alkyl halides is 3. The Morgan fingerprint density at radius 1 is 1.23 bits per heavy atom. The van der Waals surface area contributed by atoms with E-state index >= 15 is 0 Å². The topological polar surface area (TPSA) is 133 Å². The molecule has 10 nitrogen and oxygen atoms in total. The smallest absolute Gasteiger partial charge is 0.358 e. The molecule has 13 heteroatoms. The molecule has 138 valence electrons. The number of hydrogen-bond donors (Lipinski definition) is 1. The first-order valence-corrected chi connectivity index (χ1v) is 6.84. The Hall–Kier alpha value is -3.51. The molecule has 0 spiro atoms. The van der Waals surface area contributed by atoms with Crippen LogP contribution in [0, 0.1) is 27.2 Å². The number of halogens is 3. The zero-order valence-electron chi connectivity index (χ0n) is 13.0. The number of anilines is 1. The maximum absolute atomic E-state index is 12.9. The van der Waals surface area contributed by atoms with Gasteiger partial charge < -0.3 is 15.4 Å². The van der Waals surface area contributed by atoms with Gasteiger partial charge in [-0.3, -0.25) is 14.9 Å². The van der Waals surface area contributed by atoms with Crippen molar-refractivity contribution in [3.63, 3.8) is 0 Å². The number of carbonyl (C=O) groups is 1. The third-order valence-corrected chi connectivity index (χ3v) is 3.31. The Morgan fingerprint density at radius 3 is 2.35 bits per heavy atom. The number of amides is 1. The molecule has 0 atom stereocenters. The van der Waals surface area contributed by atoms with E-state index in [0.29, 0.717) is 4.68 Å². The van der Waals surface area contributed by atoms with Crippen LogP contribution in [0.25, 0.3) is 0 Å². The molecule has 0 aliphatic carbocycles. The molecule has 1 aromatic carbocycles. The minimum atomic E-state index is -4.71. The summed E-state index contributed by atoms with van der Waals surface area (Å²) in [7, 11) is 0. The quantitative estimate of drug-likeness (QED) is 0.633. The summed E-state index contributed by atoms with van der Waals surface area (Å²) in [5.41, 5.74) is -2.76. The number of hydrogen-bond acceptors (Lipinski definition) is 6. The molecule has 0 fully saturated rings. The van der Waals surface area contributed by atoms with Gasteiger partial charge in [0, 0.05) is 0 Å². The number of nitrogens with one attached hydrogen (secondary N) is 1. The maximum atomic E-state index is 12.9. The second-order valence-electron chi connectivity index (χ2n) is 5.02. The van der Waals surface area contributed by atoms with Crippen LogP contribution in [0.5, 0.6) is 0 Å². The first-order valence-electron chi connectivity index (χ1n) is 6.84. The summed E-state index contributed by atoms with van der Waals surface area (Å²) in [6.07, 6.45) is -4.71. The standard InChI is InChI=1S/C13H10F3N5O5/c1-7-11(20(23)24)12(21(25)26)18-19(7)6-10(22)17-9-5-3-2-4-8(9)13(14,15)16/h2-5H,6H2,1H3,(H,17,22). The van der Waals surface area contributed by atoms with Gasteiger partial charge in [-0.2, -0.15) is 17.9 Å². The van der Waals surface area contributed by atoms with Crippen molar-refractivity contribution in [2.45, 2.75) is 19.6 Å². The average molecular weight is 373 g/mol. The highest BCUT2D eigenvalue weighted by Crippen LogP contribution is 2.34. The summed E-state index contributed by atoms with van der Waals surface area (Å²) in [6, 6.07) is 4.22. The summed E-state index contributed by atoms with van der Waals surface area (Å²) in [5, 5.41) is 27.1. The van der Waals surface area contributed by atoms with Gasteiger partial charge in [0.1, 0.15) is 12.2 Å². The van der Waals surface area contributed by atoms with Crippen LogP contribution in [0.3, 0.4) is 0 Å². The number of para-hydroxylation sites is 1. The molecule has 2 rings (SSSR count). The third-order valence-electron chi connectivity index (χ3n) is 3.31. The van der Waals surface area contributed by atoms with Crippen molar-refractivity contribution in [2.24, 2.45) is 0 Å². The molecule has 1 heterocycles. The van der Waals surface area contributed by atoms with Crippen molar-refractivity contribution >= 4 is 23.1 Å². The number of rotatable bonds is 5. The highest BCUT2D eigenvalue weighted by molar-refractivity contribution is 5.91. The second-order valence-corrected chi connectivity index (χ2v) is 5.02. The molecular formula is C13H10F3N5O5. The van der Waals surface area contributed by atoms with Gasteiger partial charge in [-0.05, 0) is 24.0 Å². The van der Waals surface area contributed by atoms with Crippen LogP contribution in [0.15, 0.2) is 24.3 Å². The Kier molecular flexibility index (Phi) is 4.91. The summed E-state index contributed by atoms with van der Waals surface area (Å²) in [6.45, 7) is 0.391. The third kappa shape index (κ3) is 3.76. The van der Waals surface area contributed by atoms with Crippen LogP contribution in [0.2, 0.25) is 0 Å². The number of aromatic nitrogens is 2. The van der Waals surface area contributed by atoms with Crippen molar-refractivity contribution < 1.29 is 27.8 Å². The van der Waals surface area contributed by atoms with Gasteiger partial charge >= 0.3 is 17.7 Å². The Bertz CT molecular complexity index is 893. The largest absolute Gasteiger partial charge is 0.468 e. The summed E-state index contributed by atoms with van der Waals surface area (Å²) >= 11 is 0. The minimum absolute atomic E-state index is 0.277. The van der Waals surface area contributed by atoms with E-state index in [0.717, 1.165) is 25.1 Å². The van der Waals surface area contributed by atoms with Crippen LogP contribution in [-0.2, 0) is 17.5 Å². The van der Waals surface area contributed by atoms with Crippen molar-refractivity contribution in [1.29, 1.82) is 0 Å². The summed E-state index contributed by atoms with van der Waals surface area (Å²) in [5.74, 6) is -2.05. The highest BCUT2D eigenvalue weighted by atomic mass is 19.4.